The van der Waals surface area contributed by atoms with Crippen LogP contribution in [-0.2, 0) is 22.5 Å². The second-order valence-corrected chi connectivity index (χ2v) is 7.21. The van der Waals surface area contributed by atoms with Crippen molar-refractivity contribution in [1.82, 2.24) is 5.32 Å². The van der Waals surface area contributed by atoms with E-state index < -0.39 is 18.1 Å². The Morgan fingerprint density at radius 3 is 2.78 bits per heavy atom. The largest absolute Gasteiger partial charge is 0.465 e. The van der Waals surface area contributed by atoms with E-state index in [0.29, 0.717) is 23.6 Å². The van der Waals surface area contributed by atoms with Gasteiger partial charge in [-0.3, -0.25) is 5.32 Å². The number of methoxy groups -OCH3 is 1. The Bertz CT molecular complexity index is 609. The summed E-state index contributed by atoms with van der Waals surface area (Å²) in [6, 6.07) is -0.477. The molecular formula is C15H22N2O5S. The number of fused-ring (bicyclic) bond motifs is 1. The maximum Gasteiger partial charge on any atom is 0.341 e. The minimum absolute atomic E-state index is 0.126. The molecule has 2 amide bonds. The molecule has 128 valence electrons. The van der Waals surface area contributed by atoms with Crippen LogP contribution in [0.4, 0.5) is 9.80 Å². The first-order valence-electron chi connectivity index (χ1n) is 7.33. The third kappa shape index (κ3) is 4.21. The van der Waals surface area contributed by atoms with Gasteiger partial charge in [-0.2, -0.15) is 0 Å². The molecule has 1 aliphatic rings. The van der Waals surface area contributed by atoms with Gasteiger partial charge in [0.05, 0.1) is 31.0 Å². The van der Waals surface area contributed by atoms with E-state index in [0.717, 1.165) is 10.4 Å². The normalized spacial score (nSPS) is 17.1. The SMILES string of the molecule is COC(=O)c1c(NC(=O)NC[C@@H](C)O)sc2c1CC(C)(C)OC2. The summed E-state index contributed by atoms with van der Waals surface area (Å²) in [5, 5.41) is 14.8. The number of urea groups is 1. The highest BCUT2D eigenvalue weighted by molar-refractivity contribution is 7.17. The molecule has 23 heavy (non-hydrogen) atoms. The molecule has 0 fully saturated rings. The Balaban J connectivity index is 2.27. The van der Waals surface area contributed by atoms with E-state index >= 15 is 0 Å². The third-order valence-electron chi connectivity index (χ3n) is 3.46. The number of aliphatic hydroxyl groups is 1. The van der Waals surface area contributed by atoms with E-state index in [1.165, 1.54) is 18.4 Å². The van der Waals surface area contributed by atoms with E-state index in [4.69, 9.17) is 9.47 Å². The van der Waals surface area contributed by atoms with Gasteiger partial charge in [0.15, 0.2) is 0 Å². The Morgan fingerprint density at radius 2 is 2.17 bits per heavy atom. The first-order chi connectivity index (χ1) is 10.7. The van der Waals surface area contributed by atoms with Gasteiger partial charge in [0.25, 0.3) is 0 Å². The van der Waals surface area contributed by atoms with E-state index in [1.807, 2.05) is 13.8 Å². The van der Waals surface area contributed by atoms with Crippen molar-refractivity contribution < 1.29 is 24.2 Å². The fourth-order valence-electron chi connectivity index (χ4n) is 2.35. The van der Waals surface area contributed by atoms with Crippen LogP contribution < -0.4 is 10.6 Å². The van der Waals surface area contributed by atoms with Gasteiger partial charge in [0, 0.05) is 17.8 Å². The lowest BCUT2D eigenvalue weighted by molar-refractivity contribution is -0.0384. The number of hydrogen-bond donors (Lipinski definition) is 3. The van der Waals surface area contributed by atoms with Crippen LogP contribution in [0.1, 0.15) is 41.6 Å². The van der Waals surface area contributed by atoms with E-state index in [9.17, 15) is 14.7 Å². The predicted octanol–water partition coefficient (Wildman–Crippen LogP) is 1.89. The van der Waals surface area contributed by atoms with Crippen LogP contribution in [0.2, 0.25) is 0 Å². The smallest absolute Gasteiger partial charge is 0.341 e. The number of esters is 1. The van der Waals surface area contributed by atoms with Gasteiger partial charge in [0.1, 0.15) is 5.00 Å². The van der Waals surface area contributed by atoms with Crippen molar-refractivity contribution in [3.63, 3.8) is 0 Å². The first-order valence-corrected chi connectivity index (χ1v) is 8.15. The zero-order chi connectivity index (χ0) is 17.2. The Kier molecular flexibility index (Phi) is 5.28. The molecule has 0 unspecified atom stereocenters. The van der Waals surface area contributed by atoms with Gasteiger partial charge in [-0.15, -0.1) is 11.3 Å². The number of nitrogens with one attached hydrogen (secondary N) is 2. The van der Waals surface area contributed by atoms with Crippen LogP contribution in [0.25, 0.3) is 0 Å². The molecule has 7 nitrogen and oxygen atoms in total. The molecular weight excluding hydrogens is 320 g/mol. The maximum absolute atomic E-state index is 12.2. The Hall–Kier alpha value is -1.64. The van der Waals surface area contributed by atoms with E-state index in [-0.39, 0.29) is 12.1 Å². The molecule has 0 saturated carbocycles. The topological polar surface area (TPSA) is 96.9 Å². The summed E-state index contributed by atoms with van der Waals surface area (Å²) in [6.45, 7) is 6.01. The Labute approximate surface area is 139 Å². The second kappa shape index (κ2) is 6.86. The molecule has 8 heteroatoms. The summed E-state index contributed by atoms with van der Waals surface area (Å²) in [5.74, 6) is -0.481. The number of amides is 2. The molecule has 0 bridgehead atoms. The van der Waals surface area contributed by atoms with Gasteiger partial charge in [-0.05, 0) is 26.3 Å². The maximum atomic E-state index is 12.2. The summed E-state index contributed by atoms with van der Waals surface area (Å²) >= 11 is 1.31. The second-order valence-electron chi connectivity index (χ2n) is 6.11. The Morgan fingerprint density at radius 1 is 1.48 bits per heavy atom. The van der Waals surface area contributed by atoms with Crippen molar-refractivity contribution in [3.05, 3.63) is 16.0 Å². The molecule has 0 radical (unpaired) electrons. The molecule has 1 atom stereocenters. The number of thiophene rings is 1. The molecule has 2 rings (SSSR count). The lowest BCUT2D eigenvalue weighted by Crippen LogP contribution is -2.34. The van der Waals surface area contributed by atoms with Gasteiger partial charge in [0.2, 0.25) is 0 Å². The number of aliphatic hydroxyl groups excluding tert-OH is 1. The number of ether oxygens (including phenoxy) is 2. The standard InChI is InChI=1S/C15H22N2O5S/c1-8(18)6-16-14(20)17-12-11(13(19)21-4)9-5-15(2,3)22-7-10(9)23-12/h8,18H,5-7H2,1-4H3,(H2,16,17,20)/t8-/m1/s1. The van der Waals surface area contributed by atoms with Crippen molar-refractivity contribution >= 4 is 28.3 Å². The van der Waals surface area contributed by atoms with Crippen molar-refractivity contribution in [3.8, 4) is 0 Å². The van der Waals surface area contributed by atoms with Crippen LogP contribution in [0, 0.1) is 0 Å². The molecule has 0 aliphatic carbocycles. The van der Waals surface area contributed by atoms with Gasteiger partial charge in [-0.1, -0.05) is 0 Å². The quantitative estimate of drug-likeness (QED) is 0.726. The zero-order valence-electron chi connectivity index (χ0n) is 13.7. The lowest BCUT2D eigenvalue weighted by Gasteiger charge is -2.30. The van der Waals surface area contributed by atoms with Crippen LogP contribution in [0.15, 0.2) is 0 Å². The minimum atomic E-state index is -0.647. The summed E-state index contributed by atoms with van der Waals surface area (Å²) in [4.78, 5) is 25.0. The molecule has 2 heterocycles. The van der Waals surface area contributed by atoms with Crippen LogP contribution in [-0.4, -0.2) is 42.5 Å². The van der Waals surface area contributed by atoms with Crippen molar-refractivity contribution in [2.45, 2.75) is 45.5 Å². The van der Waals surface area contributed by atoms with E-state index in [2.05, 4.69) is 10.6 Å². The van der Waals surface area contributed by atoms with Crippen LogP contribution in [0.5, 0.6) is 0 Å². The molecule has 3 N–H and O–H groups in total. The molecule has 1 aromatic rings. The highest BCUT2D eigenvalue weighted by atomic mass is 32.1. The van der Waals surface area contributed by atoms with Crippen LogP contribution in [0.3, 0.4) is 0 Å². The average Bonchev–Trinajstić information content (AvgIpc) is 2.80. The van der Waals surface area contributed by atoms with Gasteiger partial charge in [-0.25, -0.2) is 9.59 Å². The van der Waals surface area contributed by atoms with Gasteiger partial charge < -0.3 is 19.9 Å². The highest BCUT2D eigenvalue weighted by Gasteiger charge is 2.34. The summed E-state index contributed by atoms with van der Waals surface area (Å²) in [6.07, 6.45) is -0.0770. The summed E-state index contributed by atoms with van der Waals surface area (Å²) in [7, 11) is 1.31. The third-order valence-corrected chi connectivity index (χ3v) is 4.58. The molecule has 1 aromatic heterocycles. The monoisotopic (exact) mass is 342 g/mol. The minimum Gasteiger partial charge on any atom is -0.465 e. The van der Waals surface area contributed by atoms with Crippen molar-refractivity contribution in [2.24, 2.45) is 0 Å². The fourth-order valence-corrected chi connectivity index (χ4v) is 3.46. The molecule has 0 saturated heterocycles. The fraction of sp³-hybridized carbons (Fsp3) is 0.600. The number of rotatable bonds is 4. The van der Waals surface area contributed by atoms with Crippen molar-refractivity contribution in [2.75, 3.05) is 19.0 Å². The predicted molar refractivity (Wildman–Crippen MR) is 86.9 cm³/mol. The summed E-state index contributed by atoms with van der Waals surface area (Å²) in [5.41, 5.74) is 0.878. The first kappa shape index (κ1) is 17.7. The average molecular weight is 342 g/mol. The molecule has 0 spiro atoms. The molecule has 0 aromatic carbocycles. The van der Waals surface area contributed by atoms with Crippen molar-refractivity contribution in [1.29, 1.82) is 0 Å². The van der Waals surface area contributed by atoms with Gasteiger partial charge >= 0.3 is 12.0 Å². The van der Waals surface area contributed by atoms with E-state index in [1.54, 1.807) is 6.92 Å². The number of anilines is 1. The number of carbonyl (C=O) groups excluding carboxylic acids is 2. The molecule has 1 aliphatic heterocycles. The summed E-state index contributed by atoms with van der Waals surface area (Å²) < 4.78 is 10.6. The zero-order valence-corrected chi connectivity index (χ0v) is 14.5. The number of carbonyl (C=O) groups is 2. The van der Waals surface area contributed by atoms with Crippen LogP contribution >= 0.6 is 11.3 Å². The highest BCUT2D eigenvalue weighted by Crippen LogP contribution is 2.40. The number of hydrogen-bond acceptors (Lipinski definition) is 6. The lowest BCUT2D eigenvalue weighted by atomic mass is 9.93.